The molecule has 2 aliphatic heterocycles. The van der Waals surface area contributed by atoms with Crippen molar-refractivity contribution >= 4 is 11.5 Å². The van der Waals surface area contributed by atoms with Gasteiger partial charge < -0.3 is 19.3 Å². The number of likely N-dealkylation sites (N-methyl/N-ethyl adjacent to an activating group) is 1. The minimum absolute atomic E-state index is 0.0124. The van der Waals surface area contributed by atoms with E-state index in [1.807, 2.05) is 23.1 Å². The maximum atomic E-state index is 13.6. The standard InChI is InChI=1S/C24H25FN2O3/c1-26-10-12-27(13-11-26)24(28)21-15-29-22-9-8-19(30-18-6-7-18)14-20(22)23(21)16-2-4-17(25)5-3-16/h2-5,8-9,14,18H,6-7,10-13,15H2,1H3. The Balaban J connectivity index is 1.58. The van der Waals surface area contributed by atoms with Crippen LogP contribution in [0.15, 0.2) is 48.0 Å². The fourth-order valence-corrected chi connectivity index (χ4v) is 3.98. The minimum atomic E-state index is -0.301. The summed E-state index contributed by atoms with van der Waals surface area (Å²) in [7, 11) is 2.06. The van der Waals surface area contributed by atoms with Crippen molar-refractivity contribution in [2.45, 2.75) is 18.9 Å². The SMILES string of the molecule is CN1CCN(C(=O)C2=C(c3ccc(F)cc3)c3cc(OC4CC4)ccc3OC2)CC1. The van der Waals surface area contributed by atoms with Crippen molar-refractivity contribution in [3.63, 3.8) is 0 Å². The molecular formula is C24H25FN2O3. The normalized spacial score (nSPS) is 19.3. The Morgan fingerprint density at radius 2 is 1.80 bits per heavy atom. The third-order valence-corrected chi connectivity index (χ3v) is 5.90. The van der Waals surface area contributed by atoms with Crippen LogP contribution in [0, 0.1) is 5.82 Å². The van der Waals surface area contributed by atoms with Gasteiger partial charge in [-0.25, -0.2) is 4.39 Å². The molecule has 0 unspecified atom stereocenters. The Hall–Kier alpha value is -2.86. The second kappa shape index (κ2) is 7.76. The molecule has 1 saturated heterocycles. The van der Waals surface area contributed by atoms with Gasteiger partial charge in [0.05, 0.1) is 11.7 Å². The zero-order valence-corrected chi connectivity index (χ0v) is 17.1. The summed E-state index contributed by atoms with van der Waals surface area (Å²) in [5, 5.41) is 0. The Kier molecular flexibility index (Phi) is 4.95. The third kappa shape index (κ3) is 3.79. The molecule has 2 heterocycles. The lowest BCUT2D eigenvalue weighted by Crippen LogP contribution is -2.48. The number of benzene rings is 2. The van der Waals surface area contributed by atoms with Crippen molar-refractivity contribution in [2.75, 3.05) is 39.8 Å². The van der Waals surface area contributed by atoms with Crippen LogP contribution in [0.3, 0.4) is 0 Å². The molecule has 1 aliphatic carbocycles. The van der Waals surface area contributed by atoms with Crippen LogP contribution in [0.5, 0.6) is 11.5 Å². The second-order valence-electron chi connectivity index (χ2n) is 8.22. The van der Waals surface area contributed by atoms with Crippen LogP contribution < -0.4 is 9.47 Å². The Morgan fingerprint density at radius 3 is 2.50 bits per heavy atom. The summed E-state index contributed by atoms with van der Waals surface area (Å²) >= 11 is 0. The number of nitrogens with zero attached hydrogens (tertiary/aromatic N) is 2. The zero-order valence-electron chi connectivity index (χ0n) is 17.1. The molecule has 5 rings (SSSR count). The van der Waals surface area contributed by atoms with E-state index in [2.05, 4.69) is 11.9 Å². The van der Waals surface area contributed by atoms with Gasteiger partial charge >= 0.3 is 0 Å². The molecule has 156 valence electrons. The smallest absolute Gasteiger partial charge is 0.253 e. The number of hydrogen-bond donors (Lipinski definition) is 0. The van der Waals surface area contributed by atoms with E-state index >= 15 is 0 Å². The summed E-state index contributed by atoms with van der Waals surface area (Å²) in [6.45, 7) is 3.28. The lowest BCUT2D eigenvalue weighted by atomic mass is 9.90. The predicted octanol–water partition coefficient (Wildman–Crippen LogP) is 3.34. The quantitative estimate of drug-likeness (QED) is 0.778. The lowest BCUT2D eigenvalue weighted by Gasteiger charge is -2.34. The van der Waals surface area contributed by atoms with Gasteiger partial charge in [0.15, 0.2) is 0 Å². The number of fused-ring (bicyclic) bond motifs is 1. The molecule has 0 radical (unpaired) electrons. The van der Waals surface area contributed by atoms with Crippen molar-refractivity contribution in [1.29, 1.82) is 0 Å². The minimum Gasteiger partial charge on any atom is -0.490 e. The van der Waals surface area contributed by atoms with E-state index in [0.717, 1.165) is 48.4 Å². The van der Waals surface area contributed by atoms with Gasteiger partial charge in [0.2, 0.25) is 0 Å². The first-order valence-electron chi connectivity index (χ1n) is 10.5. The van der Waals surface area contributed by atoms with E-state index in [4.69, 9.17) is 9.47 Å². The number of carbonyl (C=O) groups excluding carboxylic acids is 1. The first kappa shape index (κ1) is 19.1. The van der Waals surface area contributed by atoms with E-state index in [-0.39, 0.29) is 24.4 Å². The van der Waals surface area contributed by atoms with E-state index < -0.39 is 0 Å². The molecule has 5 nitrogen and oxygen atoms in total. The number of rotatable bonds is 4. The van der Waals surface area contributed by atoms with Crippen LogP contribution in [0.4, 0.5) is 4.39 Å². The van der Waals surface area contributed by atoms with Crippen LogP contribution in [-0.4, -0.2) is 61.6 Å². The Labute approximate surface area is 175 Å². The Bertz CT molecular complexity index is 990. The second-order valence-corrected chi connectivity index (χ2v) is 8.22. The van der Waals surface area contributed by atoms with Crippen LogP contribution in [0.2, 0.25) is 0 Å². The molecule has 0 aromatic heterocycles. The summed E-state index contributed by atoms with van der Waals surface area (Å²) in [4.78, 5) is 17.6. The van der Waals surface area contributed by atoms with Crippen molar-refractivity contribution in [3.05, 3.63) is 65.0 Å². The highest BCUT2D eigenvalue weighted by molar-refractivity contribution is 6.06. The highest BCUT2D eigenvalue weighted by Gasteiger charge is 2.31. The first-order valence-corrected chi connectivity index (χ1v) is 10.5. The fraction of sp³-hybridized carbons (Fsp3) is 0.375. The summed E-state index contributed by atoms with van der Waals surface area (Å²) in [6.07, 6.45) is 2.42. The van der Waals surface area contributed by atoms with Gasteiger partial charge in [0.1, 0.15) is 23.9 Å². The molecule has 0 spiro atoms. The number of amides is 1. The average molecular weight is 408 g/mol. The van der Waals surface area contributed by atoms with Crippen LogP contribution in [-0.2, 0) is 4.79 Å². The Morgan fingerprint density at radius 1 is 1.07 bits per heavy atom. The summed E-state index contributed by atoms with van der Waals surface area (Å²) in [6, 6.07) is 12.1. The highest BCUT2D eigenvalue weighted by atomic mass is 19.1. The molecule has 2 aromatic rings. The maximum Gasteiger partial charge on any atom is 0.253 e. The van der Waals surface area contributed by atoms with Crippen molar-refractivity contribution in [3.8, 4) is 11.5 Å². The molecule has 30 heavy (non-hydrogen) atoms. The number of carbonyl (C=O) groups is 1. The summed E-state index contributed by atoms with van der Waals surface area (Å²) in [5.41, 5.74) is 3.05. The topological polar surface area (TPSA) is 42.0 Å². The molecule has 1 saturated carbocycles. The molecule has 2 fully saturated rings. The van der Waals surface area contributed by atoms with Gasteiger partial charge in [0.25, 0.3) is 5.91 Å². The summed E-state index contributed by atoms with van der Waals surface area (Å²) in [5.74, 6) is 1.17. The van der Waals surface area contributed by atoms with Crippen LogP contribution in [0.25, 0.3) is 5.57 Å². The molecule has 3 aliphatic rings. The maximum absolute atomic E-state index is 13.6. The molecule has 2 aromatic carbocycles. The van der Waals surface area contributed by atoms with E-state index in [9.17, 15) is 9.18 Å². The summed E-state index contributed by atoms with van der Waals surface area (Å²) < 4.78 is 25.6. The molecule has 0 atom stereocenters. The lowest BCUT2D eigenvalue weighted by molar-refractivity contribution is -0.129. The van der Waals surface area contributed by atoms with Gasteiger partial charge in [-0.15, -0.1) is 0 Å². The molecule has 1 amide bonds. The van der Waals surface area contributed by atoms with Gasteiger partial charge in [-0.1, -0.05) is 12.1 Å². The fourth-order valence-electron chi connectivity index (χ4n) is 3.98. The molecule has 0 N–H and O–H groups in total. The molecule has 0 bridgehead atoms. The van der Waals surface area contributed by atoms with E-state index in [0.29, 0.717) is 24.4 Å². The number of ether oxygens (including phenoxy) is 2. The number of hydrogen-bond acceptors (Lipinski definition) is 4. The van der Waals surface area contributed by atoms with Crippen molar-refractivity contribution < 1.29 is 18.7 Å². The van der Waals surface area contributed by atoms with Gasteiger partial charge in [-0.3, -0.25) is 4.79 Å². The zero-order chi connectivity index (χ0) is 20.7. The van der Waals surface area contributed by atoms with Crippen LogP contribution >= 0.6 is 0 Å². The molecule has 6 heteroatoms. The van der Waals surface area contributed by atoms with Gasteiger partial charge in [-0.2, -0.15) is 0 Å². The number of halogens is 1. The van der Waals surface area contributed by atoms with Crippen LogP contribution in [0.1, 0.15) is 24.0 Å². The predicted molar refractivity (Wildman–Crippen MR) is 112 cm³/mol. The molecular weight excluding hydrogens is 383 g/mol. The highest BCUT2D eigenvalue weighted by Crippen LogP contribution is 2.41. The van der Waals surface area contributed by atoms with Crippen molar-refractivity contribution in [2.24, 2.45) is 0 Å². The van der Waals surface area contributed by atoms with Gasteiger partial charge in [-0.05, 0) is 55.8 Å². The third-order valence-electron chi connectivity index (χ3n) is 5.90. The van der Waals surface area contributed by atoms with Gasteiger partial charge in [0, 0.05) is 37.3 Å². The first-order chi connectivity index (χ1) is 14.6. The largest absolute Gasteiger partial charge is 0.490 e. The average Bonchev–Trinajstić information content (AvgIpc) is 3.58. The van der Waals surface area contributed by atoms with Crippen molar-refractivity contribution in [1.82, 2.24) is 9.80 Å². The van der Waals surface area contributed by atoms with E-state index in [1.54, 1.807) is 12.1 Å². The monoisotopic (exact) mass is 408 g/mol. The van der Waals surface area contributed by atoms with E-state index in [1.165, 1.54) is 12.1 Å². The number of piperazine rings is 1.